The van der Waals surface area contributed by atoms with Crippen molar-refractivity contribution in [2.24, 2.45) is 0 Å². The first-order chi connectivity index (χ1) is 10.2. The van der Waals surface area contributed by atoms with Crippen molar-refractivity contribution in [2.45, 2.75) is 12.5 Å². The molecule has 4 heteroatoms. The largest absolute Gasteiger partial charge is 0.351 e. The second-order valence-corrected chi connectivity index (χ2v) is 5.12. The molecular formula is C17H16FNO2. The number of carbonyl (C=O) groups is 1. The lowest BCUT2D eigenvalue weighted by Crippen LogP contribution is -2.30. The number of halogens is 1. The maximum Gasteiger partial charge on any atom is 0.228 e. The zero-order valence-corrected chi connectivity index (χ0v) is 11.5. The molecule has 0 bridgehead atoms. The van der Waals surface area contributed by atoms with Gasteiger partial charge in [-0.3, -0.25) is 4.79 Å². The van der Waals surface area contributed by atoms with Crippen LogP contribution in [0.4, 0.5) is 4.39 Å². The molecule has 0 spiro atoms. The predicted octanol–water partition coefficient (Wildman–Crippen LogP) is 2.93. The number of rotatable bonds is 3. The van der Waals surface area contributed by atoms with Gasteiger partial charge in [-0.05, 0) is 23.3 Å². The van der Waals surface area contributed by atoms with E-state index in [0.29, 0.717) is 12.1 Å². The molecule has 1 heterocycles. The van der Waals surface area contributed by atoms with Crippen LogP contribution in [0.1, 0.15) is 17.2 Å². The van der Waals surface area contributed by atoms with Gasteiger partial charge in [-0.25, -0.2) is 4.39 Å². The highest BCUT2D eigenvalue weighted by molar-refractivity contribution is 5.78. The Balaban J connectivity index is 1.62. The van der Waals surface area contributed by atoms with Crippen molar-refractivity contribution in [1.29, 1.82) is 0 Å². The van der Waals surface area contributed by atoms with E-state index in [9.17, 15) is 9.18 Å². The quantitative estimate of drug-likeness (QED) is 0.868. The third-order valence-electron chi connectivity index (χ3n) is 3.59. The molecule has 0 N–H and O–H groups in total. The van der Waals surface area contributed by atoms with Crippen LogP contribution in [0.15, 0.2) is 54.6 Å². The number of ether oxygens (including phenoxy) is 1. The Morgan fingerprint density at radius 1 is 1.19 bits per heavy atom. The molecular weight excluding hydrogens is 269 g/mol. The average Bonchev–Trinajstić information content (AvgIpc) is 2.98. The Bertz CT molecular complexity index is 630. The van der Waals surface area contributed by atoms with Crippen molar-refractivity contribution in [2.75, 3.05) is 13.3 Å². The Labute approximate surface area is 123 Å². The van der Waals surface area contributed by atoms with Gasteiger partial charge >= 0.3 is 0 Å². The normalized spacial score (nSPS) is 18.0. The minimum absolute atomic E-state index is 0.0426. The van der Waals surface area contributed by atoms with Gasteiger partial charge in [0.25, 0.3) is 0 Å². The first kappa shape index (κ1) is 13.8. The monoisotopic (exact) mass is 285 g/mol. The Morgan fingerprint density at radius 3 is 2.76 bits per heavy atom. The molecule has 1 saturated heterocycles. The van der Waals surface area contributed by atoms with Gasteiger partial charge in [0.15, 0.2) is 0 Å². The number of hydrogen-bond acceptors (Lipinski definition) is 2. The Hall–Kier alpha value is -2.20. The minimum atomic E-state index is -0.319. The Morgan fingerprint density at radius 2 is 2.00 bits per heavy atom. The summed E-state index contributed by atoms with van der Waals surface area (Å²) < 4.78 is 18.8. The fourth-order valence-corrected chi connectivity index (χ4v) is 2.46. The van der Waals surface area contributed by atoms with Crippen molar-refractivity contribution in [3.63, 3.8) is 0 Å². The van der Waals surface area contributed by atoms with Crippen LogP contribution in [-0.2, 0) is 16.0 Å². The predicted molar refractivity (Wildman–Crippen MR) is 77.0 cm³/mol. The SMILES string of the molecule is O=C(Cc1cccc(F)c1)N1COC(c2ccccc2)C1. The summed E-state index contributed by atoms with van der Waals surface area (Å²) >= 11 is 0. The van der Waals surface area contributed by atoms with Gasteiger partial charge in [0.1, 0.15) is 18.7 Å². The molecule has 1 aliphatic heterocycles. The molecule has 3 nitrogen and oxygen atoms in total. The summed E-state index contributed by atoms with van der Waals surface area (Å²) in [6.07, 6.45) is 0.116. The number of nitrogens with zero attached hydrogens (tertiary/aromatic N) is 1. The van der Waals surface area contributed by atoms with Crippen LogP contribution in [0.2, 0.25) is 0 Å². The summed E-state index contributed by atoms with van der Waals surface area (Å²) in [7, 11) is 0. The molecule has 0 aromatic heterocycles. The second-order valence-electron chi connectivity index (χ2n) is 5.12. The zero-order chi connectivity index (χ0) is 14.7. The summed E-state index contributed by atoms with van der Waals surface area (Å²) in [5.41, 5.74) is 1.75. The molecule has 108 valence electrons. The summed E-state index contributed by atoms with van der Waals surface area (Å²) in [6, 6.07) is 16.0. The minimum Gasteiger partial charge on any atom is -0.351 e. The van der Waals surface area contributed by atoms with Crippen LogP contribution in [-0.4, -0.2) is 24.1 Å². The van der Waals surface area contributed by atoms with E-state index >= 15 is 0 Å². The summed E-state index contributed by atoms with van der Waals surface area (Å²) in [5, 5.41) is 0. The van der Waals surface area contributed by atoms with Gasteiger partial charge in [0.05, 0.1) is 13.0 Å². The van der Waals surface area contributed by atoms with E-state index in [1.807, 2.05) is 30.3 Å². The number of hydrogen-bond donors (Lipinski definition) is 0. The highest BCUT2D eigenvalue weighted by Gasteiger charge is 2.27. The molecule has 3 rings (SSSR count). The molecule has 2 aromatic rings. The van der Waals surface area contributed by atoms with Crippen LogP contribution < -0.4 is 0 Å². The van der Waals surface area contributed by atoms with Crippen LogP contribution >= 0.6 is 0 Å². The van der Waals surface area contributed by atoms with Gasteiger partial charge < -0.3 is 9.64 Å². The van der Waals surface area contributed by atoms with Gasteiger partial charge in [-0.15, -0.1) is 0 Å². The Kier molecular flexibility index (Phi) is 3.97. The summed E-state index contributed by atoms with van der Waals surface area (Å²) in [4.78, 5) is 13.9. The molecule has 1 aliphatic rings. The van der Waals surface area contributed by atoms with Crippen molar-refractivity contribution >= 4 is 5.91 Å². The van der Waals surface area contributed by atoms with E-state index in [1.54, 1.807) is 17.0 Å². The van der Waals surface area contributed by atoms with Crippen LogP contribution in [0, 0.1) is 5.82 Å². The molecule has 1 amide bonds. The van der Waals surface area contributed by atoms with Crippen molar-refractivity contribution in [3.8, 4) is 0 Å². The summed E-state index contributed by atoms with van der Waals surface area (Å²) in [6.45, 7) is 0.825. The topological polar surface area (TPSA) is 29.5 Å². The fourth-order valence-electron chi connectivity index (χ4n) is 2.46. The van der Waals surface area contributed by atoms with Crippen molar-refractivity contribution < 1.29 is 13.9 Å². The first-order valence-corrected chi connectivity index (χ1v) is 6.91. The van der Waals surface area contributed by atoms with E-state index in [0.717, 1.165) is 5.56 Å². The molecule has 0 aliphatic carbocycles. The first-order valence-electron chi connectivity index (χ1n) is 6.91. The molecule has 0 radical (unpaired) electrons. The van der Waals surface area contributed by atoms with Gasteiger partial charge in [0, 0.05) is 0 Å². The van der Waals surface area contributed by atoms with E-state index in [2.05, 4.69) is 0 Å². The second kappa shape index (κ2) is 6.06. The highest BCUT2D eigenvalue weighted by atomic mass is 19.1. The van der Waals surface area contributed by atoms with Crippen LogP contribution in [0.3, 0.4) is 0 Å². The standard InChI is InChI=1S/C17H16FNO2/c18-15-8-4-5-13(9-15)10-17(20)19-11-16(21-12-19)14-6-2-1-3-7-14/h1-9,16H,10-12H2. The number of amides is 1. The maximum atomic E-state index is 13.1. The third kappa shape index (κ3) is 3.28. The lowest BCUT2D eigenvalue weighted by atomic mass is 10.1. The molecule has 2 aromatic carbocycles. The molecule has 21 heavy (non-hydrogen) atoms. The fraction of sp³-hybridized carbons (Fsp3) is 0.235. The third-order valence-corrected chi connectivity index (χ3v) is 3.59. The van der Waals surface area contributed by atoms with E-state index in [1.165, 1.54) is 12.1 Å². The van der Waals surface area contributed by atoms with E-state index in [-0.39, 0.29) is 31.0 Å². The molecule has 0 saturated carbocycles. The number of benzene rings is 2. The highest BCUT2D eigenvalue weighted by Crippen LogP contribution is 2.24. The molecule has 1 unspecified atom stereocenters. The average molecular weight is 285 g/mol. The zero-order valence-electron chi connectivity index (χ0n) is 11.5. The van der Waals surface area contributed by atoms with Crippen molar-refractivity contribution in [3.05, 3.63) is 71.5 Å². The number of carbonyl (C=O) groups excluding carboxylic acids is 1. The van der Waals surface area contributed by atoms with Gasteiger partial charge in [-0.2, -0.15) is 0 Å². The smallest absolute Gasteiger partial charge is 0.228 e. The van der Waals surface area contributed by atoms with E-state index in [4.69, 9.17) is 4.74 Å². The lowest BCUT2D eigenvalue weighted by Gasteiger charge is -2.14. The van der Waals surface area contributed by atoms with E-state index < -0.39 is 0 Å². The van der Waals surface area contributed by atoms with Crippen LogP contribution in [0.25, 0.3) is 0 Å². The van der Waals surface area contributed by atoms with Crippen LogP contribution in [0.5, 0.6) is 0 Å². The van der Waals surface area contributed by atoms with Crippen molar-refractivity contribution in [1.82, 2.24) is 4.90 Å². The van der Waals surface area contributed by atoms with Gasteiger partial charge in [-0.1, -0.05) is 42.5 Å². The molecule has 1 fully saturated rings. The lowest BCUT2D eigenvalue weighted by molar-refractivity contribution is -0.130. The summed E-state index contributed by atoms with van der Waals surface area (Å²) in [5.74, 6) is -0.362. The molecule has 1 atom stereocenters. The maximum absolute atomic E-state index is 13.1. The van der Waals surface area contributed by atoms with Gasteiger partial charge in [0.2, 0.25) is 5.91 Å².